The van der Waals surface area contributed by atoms with Gasteiger partial charge in [-0.05, 0) is 30.2 Å². The number of imide groups is 2. The second-order valence-electron chi connectivity index (χ2n) is 6.39. The van der Waals surface area contributed by atoms with E-state index in [1.54, 1.807) is 11.3 Å². The molecule has 0 bridgehead atoms. The molecule has 3 heterocycles. The molecule has 0 aliphatic carbocycles. The first-order valence-electron chi connectivity index (χ1n) is 8.09. The third kappa shape index (κ3) is 3.45. The van der Waals surface area contributed by atoms with Crippen LogP contribution in [-0.4, -0.2) is 53.9 Å². The molecule has 2 fully saturated rings. The van der Waals surface area contributed by atoms with Crippen LogP contribution in [0, 0.1) is 5.92 Å². The van der Waals surface area contributed by atoms with E-state index in [4.69, 9.17) is 0 Å². The predicted molar refractivity (Wildman–Crippen MR) is 85.9 cm³/mol. The van der Waals surface area contributed by atoms with Crippen LogP contribution in [0.25, 0.3) is 0 Å². The van der Waals surface area contributed by atoms with Gasteiger partial charge in [0.15, 0.2) is 6.67 Å². The van der Waals surface area contributed by atoms with Gasteiger partial charge < -0.3 is 4.90 Å². The number of urea groups is 1. The van der Waals surface area contributed by atoms with Crippen molar-refractivity contribution in [3.63, 3.8) is 0 Å². The lowest BCUT2D eigenvalue weighted by atomic mass is 10.00. The number of carbonyl (C=O) groups excluding carboxylic acids is 3. The maximum Gasteiger partial charge on any atom is 0.338 e. The van der Waals surface area contributed by atoms with E-state index in [9.17, 15) is 14.4 Å². The number of nitrogens with one attached hydrogen (secondary N) is 1. The zero-order valence-corrected chi connectivity index (χ0v) is 14.1. The molecule has 0 aromatic carbocycles. The minimum absolute atomic E-state index is 0.271. The van der Waals surface area contributed by atoms with Crippen LogP contribution in [-0.2, 0) is 16.0 Å². The van der Waals surface area contributed by atoms with Crippen LogP contribution in [0.5, 0.6) is 0 Å². The largest absolute Gasteiger partial charge is 0.338 e. The molecule has 2 saturated heterocycles. The molecule has 1 aromatic rings. The Kier molecular flexibility index (Phi) is 4.77. The maximum atomic E-state index is 12.4. The fraction of sp³-hybridized carbons (Fsp3) is 0.562. The fourth-order valence-electron chi connectivity index (χ4n) is 3.12. The maximum absolute atomic E-state index is 12.4. The molecule has 7 heteroatoms. The van der Waals surface area contributed by atoms with Gasteiger partial charge in [0.05, 0.1) is 13.1 Å². The van der Waals surface area contributed by atoms with E-state index < -0.39 is 17.8 Å². The summed E-state index contributed by atoms with van der Waals surface area (Å²) in [7, 11) is 0. The van der Waals surface area contributed by atoms with Gasteiger partial charge in [0.2, 0.25) is 0 Å². The zero-order chi connectivity index (χ0) is 16.4. The van der Waals surface area contributed by atoms with Crippen LogP contribution < -0.4 is 4.90 Å². The molecule has 23 heavy (non-hydrogen) atoms. The topological polar surface area (TPSA) is 62.1 Å². The molecule has 4 amide bonds. The van der Waals surface area contributed by atoms with E-state index in [0.29, 0.717) is 19.0 Å². The standard InChI is InChI=1S/C16H21N3O3S/c1-12-4-7-17(8-5-12)11-19-15(21)14(20)18(16(19)22)9-6-13-3-2-10-23-13/h2-3,10,12H,4-9,11H2,1H3/p+1. The predicted octanol–water partition coefficient (Wildman–Crippen LogP) is 0.354. The minimum Gasteiger partial charge on any atom is -0.317 e. The summed E-state index contributed by atoms with van der Waals surface area (Å²) in [5.74, 6) is -0.656. The summed E-state index contributed by atoms with van der Waals surface area (Å²) in [5, 5.41) is 1.96. The van der Waals surface area contributed by atoms with Gasteiger partial charge in [-0.3, -0.25) is 14.5 Å². The highest BCUT2D eigenvalue weighted by Gasteiger charge is 2.46. The number of piperidine rings is 1. The van der Waals surface area contributed by atoms with Crippen LogP contribution in [0.4, 0.5) is 4.79 Å². The van der Waals surface area contributed by atoms with Crippen molar-refractivity contribution in [3.8, 4) is 0 Å². The number of nitrogens with zero attached hydrogens (tertiary/aromatic N) is 2. The van der Waals surface area contributed by atoms with E-state index >= 15 is 0 Å². The van der Waals surface area contributed by atoms with Crippen LogP contribution in [0.2, 0.25) is 0 Å². The van der Waals surface area contributed by atoms with E-state index in [1.807, 2.05) is 17.5 Å². The number of hydrogen-bond acceptors (Lipinski definition) is 4. The van der Waals surface area contributed by atoms with Gasteiger partial charge in [0.1, 0.15) is 0 Å². The second kappa shape index (κ2) is 6.80. The fourth-order valence-corrected chi connectivity index (χ4v) is 3.81. The molecule has 1 aromatic heterocycles. The molecule has 1 N–H and O–H groups in total. The Bertz CT molecular complexity index is 594. The Balaban J connectivity index is 1.60. The number of carbonyl (C=O) groups is 3. The van der Waals surface area contributed by atoms with E-state index in [2.05, 4.69) is 6.92 Å². The molecule has 0 atom stereocenters. The lowest BCUT2D eigenvalue weighted by Gasteiger charge is -2.29. The van der Waals surface area contributed by atoms with Gasteiger partial charge in [-0.2, -0.15) is 0 Å². The van der Waals surface area contributed by atoms with Crippen molar-refractivity contribution in [3.05, 3.63) is 22.4 Å². The Morgan fingerprint density at radius 2 is 1.87 bits per heavy atom. The van der Waals surface area contributed by atoms with Crippen molar-refractivity contribution < 1.29 is 19.3 Å². The second-order valence-corrected chi connectivity index (χ2v) is 7.42. The summed E-state index contributed by atoms with van der Waals surface area (Å²) in [6.45, 7) is 4.69. The Morgan fingerprint density at radius 1 is 1.17 bits per heavy atom. The molecule has 0 saturated carbocycles. The quantitative estimate of drug-likeness (QED) is 0.624. The first-order chi connectivity index (χ1) is 11.1. The van der Waals surface area contributed by atoms with E-state index in [0.717, 1.165) is 40.6 Å². The molecular formula is C16H22N3O3S+. The zero-order valence-electron chi connectivity index (χ0n) is 13.3. The molecule has 124 valence electrons. The summed E-state index contributed by atoms with van der Waals surface area (Å²) in [6, 6.07) is 3.45. The third-order valence-electron chi connectivity index (χ3n) is 4.66. The lowest BCUT2D eigenvalue weighted by Crippen LogP contribution is -3.14. The van der Waals surface area contributed by atoms with Crippen LogP contribution in [0.15, 0.2) is 17.5 Å². The molecule has 0 spiro atoms. The number of likely N-dealkylation sites (tertiary alicyclic amines) is 1. The molecular weight excluding hydrogens is 314 g/mol. The van der Waals surface area contributed by atoms with Crippen molar-refractivity contribution in [1.82, 2.24) is 9.80 Å². The molecule has 2 aliphatic rings. The first-order valence-corrected chi connectivity index (χ1v) is 8.97. The summed E-state index contributed by atoms with van der Waals surface area (Å²) in [6.07, 6.45) is 2.80. The molecule has 0 radical (unpaired) electrons. The van der Waals surface area contributed by atoms with Crippen molar-refractivity contribution in [1.29, 1.82) is 0 Å². The van der Waals surface area contributed by atoms with Crippen LogP contribution >= 0.6 is 11.3 Å². The monoisotopic (exact) mass is 336 g/mol. The Morgan fingerprint density at radius 3 is 2.52 bits per heavy atom. The van der Waals surface area contributed by atoms with Gasteiger partial charge in [-0.1, -0.05) is 13.0 Å². The van der Waals surface area contributed by atoms with Crippen molar-refractivity contribution >= 4 is 29.2 Å². The average molecular weight is 336 g/mol. The Labute approximate surface area is 139 Å². The molecule has 6 nitrogen and oxygen atoms in total. The molecule has 2 aliphatic heterocycles. The van der Waals surface area contributed by atoms with Gasteiger partial charge in [0, 0.05) is 17.8 Å². The highest BCUT2D eigenvalue weighted by Crippen LogP contribution is 2.15. The SMILES string of the molecule is CC1CC[NH+](CN2C(=O)C(=O)N(CCc3cccs3)C2=O)CC1. The van der Waals surface area contributed by atoms with Crippen molar-refractivity contribution in [2.75, 3.05) is 26.3 Å². The Hall–Kier alpha value is -1.73. The van der Waals surface area contributed by atoms with Crippen molar-refractivity contribution in [2.45, 2.75) is 26.2 Å². The smallest absolute Gasteiger partial charge is 0.317 e. The van der Waals surface area contributed by atoms with Gasteiger partial charge in [-0.25, -0.2) is 9.69 Å². The minimum atomic E-state index is -0.684. The van der Waals surface area contributed by atoms with Gasteiger partial charge in [-0.15, -0.1) is 11.3 Å². The summed E-state index contributed by atoms with van der Waals surface area (Å²) in [4.78, 5) is 41.2. The number of quaternary nitrogens is 1. The molecule has 0 unspecified atom stereocenters. The first kappa shape index (κ1) is 16.1. The highest BCUT2D eigenvalue weighted by atomic mass is 32.1. The summed E-state index contributed by atoms with van der Waals surface area (Å²) < 4.78 is 0. The number of hydrogen-bond donors (Lipinski definition) is 1. The highest BCUT2D eigenvalue weighted by molar-refractivity contribution is 7.09. The number of rotatable bonds is 5. The number of amides is 4. The van der Waals surface area contributed by atoms with E-state index in [-0.39, 0.29) is 6.54 Å². The van der Waals surface area contributed by atoms with Crippen molar-refractivity contribution in [2.24, 2.45) is 5.92 Å². The summed E-state index contributed by atoms with van der Waals surface area (Å²) >= 11 is 1.59. The van der Waals surface area contributed by atoms with Crippen LogP contribution in [0.3, 0.4) is 0 Å². The lowest BCUT2D eigenvalue weighted by molar-refractivity contribution is -0.913. The number of thiophene rings is 1. The summed E-state index contributed by atoms with van der Waals surface area (Å²) in [5.41, 5.74) is 0. The van der Waals surface area contributed by atoms with Gasteiger partial charge in [0.25, 0.3) is 0 Å². The third-order valence-corrected chi connectivity index (χ3v) is 5.60. The van der Waals surface area contributed by atoms with Gasteiger partial charge >= 0.3 is 17.8 Å². The normalized spacial score (nSPS) is 25.5. The molecule has 3 rings (SSSR count). The van der Waals surface area contributed by atoms with Crippen LogP contribution in [0.1, 0.15) is 24.6 Å². The van der Waals surface area contributed by atoms with E-state index in [1.165, 1.54) is 4.90 Å². The average Bonchev–Trinajstić information content (AvgIpc) is 3.12.